The zero-order valence-corrected chi connectivity index (χ0v) is 5.86. The molecular weight excluding hydrogens is 323 g/mol. The average Bonchev–Trinajstić information content (AvgIpc) is 0.918. The van der Waals surface area contributed by atoms with Crippen molar-refractivity contribution in [3.8, 4) is 0 Å². The van der Waals surface area contributed by atoms with E-state index in [2.05, 4.69) is 0 Å². The van der Waals surface area contributed by atoms with E-state index in [1.54, 1.807) is 0 Å². The van der Waals surface area contributed by atoms with Crippen molar-refractivity contribution >= 4 is 0 Å². The first-order chi connectivity index (χ1) is 1.41. The third kappa shape index (κ3) is 11.1. The van der Waals surface area contributed by atoms with Gasteiger partial charge in [-0.25, -0.2) is 0 Å². The maximum atomic E-state index is 8.60. The van der Waals surface area contributed by atoms with Crippen LogP contribution in [0.15, 0.2) is 0 Å². The van der Waals surface area contributed by atoms with Gasteiger partial charge in [0, 0.05) is 21.1 Å². The van der Waals surface area contributed by atoms with Crippen LogP contribution < -0.4 is 0 Å². The molecule has 0 aromatic heterocycles. The molecule has 0 aliphatic rings. The van der Waals surface area contributed by atoms with Crippen LogP contribution in [-0.4, -0.2) is 3.76 Å². The van der Waals surface area contributed by atoms with Crippen LogP contribution in [0, 0.1) is 0 Å². The Morgan fingerprint density at radius 1 is 1.75 bits per heavy atom. The summed E-state index contributed by atoms with van der Waals surface area (Å²) < 4.78 is 15.7. The van der Waals surface area contributed by atoms with E-state index < -0.39 is 18.9 Å². The van der Waals surface area contributed by atoms with Crippen molar-refractivity contribution in [2.75, 3.05) is 0 Å². The molecule has 4 heteroatoms. The maximum absolute atomic E-state index is 8.60. The quantitative estimate of drug-likeness (QED) is 0.600. The summed E-state index contributed by atoms with van der Waals surface area (Å²) in [6, 6.07) is 0. The van der Waals surface area contributed by atoms with E-state index in [9.17, 15) is 0 Å². The van der Waals surface area contributed by atoms with Crippen molar-refractivity contribution in [1.82, 2.24) is 0 Å². The Bertz CT molecular complexity index is 13.5. The summed E-state index contributed by atoms with van der Waals surface area (Å²) in [6.07, 6.45) is 0. The van der Waals surface area contributed by atoms with E-state index in [1.807, 2.05) is 0 Å². The monoisotopic (exact) mass is 326 g/mol. The Kier molecular flexibility index (Phi) is 19.9. The summed E-state index contributed by atoms with van der Waals surface area (Å²) in [5, 5.41) is 0. The van der Waals surface area contributed by atoms with Gasteiger partial charge in [-0.1, -0.05) is 0 Å². The van der Waals surface area contributed by atoms with E-state index in [-0.39, 0.29) is 21.1 Å². The van der Waals surface area contributed by atoms with E-state index >= 15 is 0 Å². The van der Waals surface area contributed by atoms with Crippen LogP contribution in [0.25, 0.3) is 0 Å². The molecule has 0 aromatic carbocycles. The first-order valence-corrected chi connectivity index (χ1v) is 2.21. The van der Waals surface area contributed by atoms with Crippen molar-refractivity contribution in [1.29, 1.82) is 0 Å². The van der Waals surface area contributed by atoms with E-state index in [0.717, 1.165) is 0 Å². The van der Waals surface area contributed by atoms with Gasteiger partial charge in [-0.3, -0.25) is 0 Å². The van der Waals surface area contributed by atoms with Gasteiger partial charge in [0.25, 0.3) is 0 Å². The van der Waals surface area contributed by atoms with Crippen LogP contribution in [0.1, 0.15) is 0 Å². The number of hydrogen-bond donors (Lipinski definition) is 1. The van der Waals surface area contributed by atoms with E-state index in [4.69, 9.17) is 7.16 Å². The van der Waals surface area contributed by atoms with Crippen LogP contribution in [0.5, 0.6) is 0 Å². The normalized spacial score (nSPS) is 5.25. The Morgan fingerprint density at radius 2 is 1.75 bits per heavy atom. The third-order valence-electron chi connectivity index (χ3n) is 0. The summed E-state index contributed by atoms with van der Waals surface area (Å²) in [7, 11) is 0. The topological polar surface area (TPSA) is 37.3 Å². The molecule has 29 valence electrons. The van der Waals surface area contributed by atoms with Gasteiger partial charge in [0.05, 0.1) is 0 Å². The molecule has 4 heavy (non-hydrogen) atoms. The first-order valence-electron chi connectivity index (χ1n) is 0.271. The summed E-state index contributed by atoms with van der Waals surface area (Å²) in [4.78, 5) is 0. The van der Waals surface area contributed by atoms with Crippen LogP contribution in [0.3, 0.4) is 0 Å². The van der Waals surface area contributed by atoms with Crippen molar-refractivity contribution in [3.63, 3.8) is 0 Å². The molecule has 0 amide bonds. The minimum atomic E-state index is -1.67. The van der Waals surface area contributed by atoms with Gasteiger partial charge in [-0.15, -0.1) is 0 Å². The second-order valence-electron chi connectivity index (χ2n) is 0.0577. The first kappa shape index (κ1) is 8.93. The van der Waals surface area contributed by atoms with Crippen LogP contribution in [-0.2, 0) is 43.4 Å². The van der Waals surface area contributed by atoms with Crippen molar-refractivity contribution < 1.29 is 47.1 Å². The second kappa shape index (κ2) is 8.91. The van der Waals surface area contributed by atoms with Gasteiger partial charge in [0.15, 0.2) is 0 Å². The second-order valence-corrected chi connectivity index (χ2v) is 0.473. The fourth-order valence-electron chi connectivity index (χ4n) is 0. The van der Waals surface area contributed by atoms with Gasteiger partial charge >= 0.3 is 26.1 Å². The molecule has 0 saturated carbocycles. The zero-order chi connectivity index (χ0) is 2.71. The average molecular weight is 324 g/mol. The molecule has 0 aromatic rings. The summed E-state index contributed by atoms with van der Waals surface area (Å²) in [6.45, 7) is 0. The Balaban J connectivity index is 0. The number of rotatable bonds is 0. The Morgan fingerprint density at radius 3 is 1.75 bits per heavy atom. The number of hydrogen-bond acceptors (Lipinski definition) is 1. The molecule has 0 rings (SSSR count). The van der Waals surface area contributed by atoms with Crippen LogP contribution >= 0.6 is 0 Å². The third-order valence-corrected chi connectivity index (χ3v) is 0. The molecule has 0 spiro atoms. The Hall–Kier alpha value is 1.14. The standard InChI is InChI=1S/Mo.H2O.O.Pt/h;1H2;;/q;;;+1/p-1. The molecule has 0 radical (unpaired) electrons. The fourth-order valence-corrected chi connectivity index (χ4v) is 0. The Labute approximate surface area is 47.2 Å². The molecule has 1 N–H and O–H groups in total. The van der Waals surface area contributed by atoms with Crippen LogP contribution in [0.4, 0.5) is 0 Å². The molecule has 0 aliphatic carbocycles. The molecular formula is HMoO2Pt. The molecule has 0 fully saturated rings. The fraction of sp³-hybridized carbons (Fsp3) is 0. The van der Waals surface area contributed by atoms with Crippen LogP contribution in [0.2, 0.25) is 0 Å². The summed E-state index contributed by atoms with van der Waals surface area (Å²) in [5.74, 6) is 0. The molecule has 0 saturated heterocycles. The van der Waals surface area contributed by atoms with E-state index in [1.165, 1.54) is 0 Å². The van der Waals surface area contributed by atoms with Crippen molar-refractivity contribution in [3.05, 3.63) is 0 Å². The predicted molar refractivity (Wildman–Crippen MR) is 2.91 cm³/mol. The van der Waals surface area contributed by atoms with Gasteiger partial charge < -0.3 is 0 Å². The molecule has 0 atom stereocenters. The minimum absolute atomic E-state index is 0. The van der Waals surface area contributed by atoms with Gasteiger partial charge in [0.2, 0.25) is 0 Å². The van der Waals surface area contributed by atoms with Gasteiger partial charge in [0.1, 0.15) is 0 Å². The zero-order valence-electron chi connectivity index (χ0n) is 1.58. The molecule has 0 aliphatic heterocycles. The summed E-state index contributed by atoms with van der Waals surface area (Å²) in [5.41, 5.74) is 0. The molecule has 0 unspecified atom stereocenters. The van der Waals surface area contributed by atoms with Crippen molar-refractivity contribution in [2.24, 2.45) is 0 Å². The van der Waals surface area contributed by atoms with Gasteiger partial charge in [-0.05, 0) is 0 Å². The predicted octanol–water partition coefficient (Wildman–Crippen LogP) is -0.681. The van der Waals surface area contributed by atoms with Gasteiger partial charge in [-0.2, -0.15) is 0 Å². The summed E-state index contributed by atoms with van der Waals surface area (Å²) >= 11 is -1.67. The van der Waals surface area contributed by atoms with E-state index in [0.29, 0.717) is 0 Å². The molecule has 0 bridgehead atoms. The molecule has 2 nitrogen and oxygen atoms in total. The molecule has 0 heterocycles. The SMILES string of the molecule is [Mo].[O]=[Pt][OH]. The van der Waals surface area contributed by atoms with Crippen molar-refractivity contribution in [2.45, 2.75) is 0 Å².